The molecule has 0 bridgehead atoms. The summed E-state index contributed by atoms with van der Waals surface area (Å²) in [7, 11) is -3.17. The Labute approximate surface area is 330 Å². The Morgan fingerprint density at radius 1 is 0.630 bits per heavy atom. The highest BCUT2D eigenvalue weighted by atomic mass is 28.3. The predicted octanol–water partition coefficient (Wildman–Crippen LogP) is 13.0. The molecular weight excluding hydrogens is 685 g/mol. The van der Waals surface area contributed by atoms with Gasteiger partial charge in [0.05, 0.1) is 16.9 Å². The Hall–Kier alpha value is -3.93. The standard InChI is InChI=1S/C51H63OSi2/c1-16-29-52-46-44(30-33(2)47(53(12)13)45(46)51(9,10)11)54(14,15)48-42-31-36(34-17-23-38(24-18-34)49(3,4)5)21-27-40(42)41-28-22-37(32-43(41)48)35-19-25-39(26-20-35)50(6,7)8/h16-28,30-32,48H,1,29H2,2-15H3. The third kappa shape index (κ3) is 7.39. The van der Waals surface area contributed by atoms with Crippen molar-refractivity contribution in [1.29, 1.82) is 0 Å². The second kappa shape index (κ2) is 14.3. The molecule has 0 amide bonds. The fraction of sp³-hybridized carbons (Fsp3) is 0.373. The maximum absolute atomic E-state index is 6.91. The number of hydrogen-bond donors (Lipinski definition) is 0. The van der Waals surface area contributed by atoms with Crippen LogP contribution < -0.4 is 15.1 Å². The summed E-state index contributed by atoms with van der Waals surface area (Å²) in [5, 5.41) is 2.94. The SMILES string of the molecule is C=CCOc1c([Si](C)(C)C2c3cc(-c4ccc(C(C)(C)C)cc4)ccc3-c3ccc(-c4ccc(C(C)(C)C)cc4)cc32)cc(C)c([Si](C)C)c1C(C)(C)C. The van der Waals surface area contributed by atoms with Crippen molar-refractivity contribution in [2.75, 3.05) is 6.61 Å². The van der Waals surface area contributed by atoms with Crippen molar-refractivity contribution in [2.45, 2.75) is 117 Å². The molecule has 5 aromatic rings. The molecule has 0 heterocycles. The van der Waals surface area contributed by atoms with Crippen LogP contribution in [0.1, 0.15) is 101 Å². The van der Waals surface area contributed by atoms with Gasteiger partial charge in [0.15, 0.2) is 0 Å². The maximum atomic E-state index is 6.91. The van der Waals surface area contributed by atoms with Gasteiger partial charge in [-0.25, -0.2) is 0 Å². The van der Waals surface area contributed by atoms with E-state index in [-0.39, 0.29) is 21.8 Å². The zero-order valence-corrected chi connectivity index (χ0v) is 37.6. The molecule has 0 saturated carbocycles. The molecule has 0 spiro atoms. The summed E-state index contributed by atoms with van der Waals surface area (Å²) >= 11 is 0. The van der Waals surface area contributed by atoms with E-state index in [2.05, 4.69) is 193 Å². The van der Waals surface area contributed by atoms with Crippen LogP contribution in [0.15, 0.2) is 104 Å². The molecule has 1 nitrogen and oxygen atoms in total. The fourth-order valence-corrected chi connectivity index (χ4v) is 14.4. The number of fused-ring (bicyclic) bond motifs is 3. The van der Waals surface area contributed by atoms with Crippen molar-refractivity contribution in [2.24, 2.45) is 0 Å². The Morgan fingerprint density at radius 3 is 1.43 bits per heavy atom. The van der Waals surface area contributed by atoms with Crippen LogP contribution in [0.2, 0.25) is 26.2 Å². The third-order valence-corrected chi connectivity index (χ3v) is 17.1. The van der Waals surface area contributed by atoms with E-state index < -0.39 is 16.9 Å². The molecule has 0 saturated heterocycles. The summed E-state index contributed by atoms with van der Waals surface area (Å²) in [6, 6.07) is 35.6. The van der Waals surface area contributed by atoms with Gasteiger partial charge in [0, 0.05) is 5.54 Å². The Bertz CT molecular complexity index is 2070. The van der Waals surface area contributed by atoms with Gasteiger partial charge in [0.25, 0.3) is 0 Å². The number of hydrogen-bond acceptors (Lipinski definition) is 1. The van der Waals surface area contributed by atoms with Gasteiger partial charge in [-0.15, -0.1) is 0 Å². The van der Waals surface area contributed by atoms with E-state index in [0.29, 0.717) is 6.61 Å². The van der Waals surface area contributed by atoms with E-state index in [4.69, 9.17) is 4.74 Å². The van der Waals surface area contributed by atoms with Crippen LogP contribution in [0.4, 0.5) is 0 Å². The van der Waals surface area contributed by atoms with Crippen LogP contribution >= 0.6 is 0 Å². The van der Waals surface area contributed by atoms with Crippen LogP contribution in [0.25, 0.3) is 33.4 Å². The van der Waals surface area contributed by atoms with Gasteiger partial charge < -0.3 is 4.74 Å². The normalized spacial score (nSPS) is 13.6. The van der Waals surface area contributed by atoms with Crippen LogP contribution in [0.5, 0.6) is 5.75 Å². The minimum atomic E-state index is -2.41. The quantitative estimate of drug-likeness (QED) is 0.113. The van der Waals surface area contributed by atoms with E-state index in [1.165, 1.54) is 77.1 Å². The molecule has 0 aliphatic heterocycles. The second-order valence-corrected chi connectivity index (χ2v) is 26.6. The molecule has 0 atom stereocenters. The summed E-state index contributed by atoms with van der Waals surface area (Å²) in [6.45, 7) is 37.8. The molecule has 5 aromatic carbocycles. The topological polar surface area (TPSA) is 9.23 Å². The molecule has 1 aliphatic carbocycles. The van der Waals surface area contributed by atoms with Crippen molar-refractivity contribution >= 4 is 27.2 Å². The van der Waals surface area contributed by atoms with Gasteiger partial charge in [-0.05, 0) is 89.6 Å². The first-order chi connectivity index (χ1) is 25.1. The molecule has 6 rings (SSSR count). The highest BCUT2D eigenvalue weighted by Crippen LogP contribution is 2.52. The number of ether oxygens (including phenoxy) is 1. The first kappa shape index (κ1) is 39.8. The lowest BCUT2D eigenvalue weighted by atomic mass is 9.85. The van der Waals surface area contributed by atoms with Crippen molar-refractivity contribution in [3.8, 4) is 39.1 Å². The molecule has 0 N–H and O–H groups in total. The van der Waals surface area contributed by atoms with Crippen molar-refractivity contribution in [1.82, 2.24) is 0 Å². The van der Waals surface area contributed by atoms with Crippen molar-refractivity contribution in [3.63, 3.8) is 0 Å². The minimum absolute atomic E-state index is 0.0662. The second-order valence-electron chi connectivity index (χ2n) is 19.6. The van der Waals surface area contributed by atoms with Crippen LogP contribution in [-0.2, 0) is 16.2 Å². The average Bonchev–Trinajstić information content (AvgIpc) is 3.43. The molecule has 1 aliphatic rings. The van der Waals surface area contributed by atoms with Crippen LogP contribution in [0, 0.1) is 6.92 Å². The zero-order chi connectivity index (χ0) is 39.5. The molecular formula is C51H63OSi2. The van der Waals surface area contributed by atoms with Gasteiger partial charge >= 0.3 is 0 Å². The molecule has 3 heteroatoms. The Balaban J connectivity index is 1.61. The van der Waals surface area contributed by atoms with E-state index in [1.54, 1.807) is 0 Å². The molecule has 0 unspecified atom stereocenters. The summed E-state index contributed by atoms with van der Waals surface area (Å²) < 4.78 is 6.91. The lowest BCUT2D eigenvalue weighted by Gasteiger charge is -2.38. The van der Waals surface area contributed by atoms with E-state index >= 15 is 0 Å². The predicted molar refractivity (Wildman–Crippen MR) is 242 cm³/mol. The Morgan fingerprint density at radius 2 is 1.06 bits per heavy atom. The summed E-state index contributed by atoms with van der Waals surface area (Å²) in [5.41, 5.74) is 16.7. The molecule has 0 aromatic heterocycles. The molecule has 54 heavy (non-hydrogen) atoms. The lowest BCUT2D eigenvalue weighted by Crippen LogP contribution is -2.51. The van der Waals surface area contributed by atoms with Gasteiger partial charge in [-0.2, -0.15) is 0 Å². The van der Waals surface area contributed by atoms with Gasteiger partial charge in [-0.1, -0.05) is 203 Å². The molecule has 281 valence electrons. The van der Waals surface area contributed by atoms with E-state index in [1.807, 2.05) is 6.08 Å². The minimum Gasteiger partial charge on any atom is -0.489 e. The highest BCUT2D eigenvalue weighted by molar-refractivity contribution is 6.92. The zero-order valence-electron chi connectivity index (χ0n) is 35.6. The summed E-state index contributed by atoms with van der Waals surface area (Å²) in [5.74, 6) is 1.11. The number of aryl methyl sites for hydroxylation is 1. The third-order valence-electron chi connectivity index (χ3n) is 11.7. The Kier molecular flexibility index (Phi) is 10.5. The van der Waals surface area contributed by atoms with Gasteiger partial charge in [-0.3, -0.25) is 0 Å². The average molecular weight is 748 g/mol. The van der Waals surface area contributed by atoms with E-state index in [0.717, 1.165) is 5.75 Å². The monoisotopic (exact) mass is 747 g/mol. The highest BCUT2D eigenvalue weighted by Gasteiger charge is 2.45. The maximum Gasteiger partial charge on any atom is 0.122 e. The smallest absolute Gasteiger partial charge is 0.122 e. The van der Waals surface area contributed by atoms with Gasteiger partial charge in [0.1, 0.15) is 12.4 Å². The molecule has 1 radical (unpaired) electrons. The largest absolute Gasteiger partial charge is 0.489 e. The fourth-order valence-electron chi connectivity index (χ4n) is 8.81. The first-order valence-corrected chi connectivity index (χ1v) is 25.4. The van der Waals surface area contributed by atoms with Crippen molar-refractivity contribution in [3.05, 3.63) is 137 Å². The van der Waals surface area contributed by atoms with Gasteiger partial charge in [0.2, 0.25) is 0 Å². The number of rotatable bonds is 8. The molecule has 0 fully saturated rings. The first-order valence-electron chi connectivity index (χ1n) is 19.9. The van der Waals surface area contributed by atoms with Crippen LogP contribution in [-0.4, -0.2) is 23.5 Å². The number of benzene rings is 5. The van der Waals surface area contributed by atoms with Crippen LogP contribution in [0.3, 0.4) is 0 Å². The summed E-state index contributed by atoms with van der Waals surface area (Å²) in [4.78, 5) is 0. The van der Waals surface area contributed by atoms with Crippen molar-refractivity contribution < 1.29 is 4.74 Å². The summed E-state index contributed by atoms with van der Waals surface area (Å²) in [6.07, 6.45) is 1.91. The van der Waals surface area contributed by atoms with E-state index in [9.17, 15) is 0 Å². The lowest BCUT2D eigenvalue weighted by molar-refractivity contribution is 0.354.